The van der Waals surface area contributed by atoms with Gasteiger partial charge >= 0.3 is 6.03 Å². The van der Waals surface area contributed by atoms with E-state index in [1.54, 1.807) is 16.0 Å². The number of halogens is 1. The Balaban J connectivity index is 1.24. The van der Waals surface area contributed by atoms with E-state index in [0.717, 1.165) is 29.2 Å². The molecule has 2 saturated carbocycles. The molecule has 1 unspecified atom stereocenters. The number of amides is 2. The maximum Gasteiger partial charge on any atom is 0.325 e. The van der Waals surface area contributed by atoms with E-state index in [9.17, 15) is 4.79 Å². The third-order valence-electron chi connectivity index (χ3n) is 7.41. The molecule has 3 heterocycles. The lowest BCUT2D eigenvalue weighted by Crippen LogP contribution is -2.38. The predicted octanol–water partition coefficient (Wildman–Crippen LogP) is 5.19. The number of aromatic nitrogens is 4. The predicted molar refractivity (Wildman–Crippen MR) is 136 cm³/mol. The Morgan fingerprint density at radius 1 is 1.17 bits per heavy atom. The molecule has 1 atom stereocenters. The Morgan fingerprint density at radius 3 is 2.69 bits per heavy atom. The summed E-state index contributed by atoms with van der Waals surface area (Å²) >= 11 is 6.41. The van der Waals surface area contributed by atoms with Crippen LogP contribution in [0, 0.1) is 5.92 Å². The summed E-state index contributed by atoms with van der Waals surface area (Å²) in [5.41, 5.74) is 2.99. The van der Waals surface area contributed by atoms with E-state index >= 15 is 0 Å². The van der Waals surface area contributed by atoms with Crippen LogP contribution in [0.5, 0.6) is 0 Å². The Labute approximate surface area is 210 Å². The monoisotopic (exact) mass is 491 g/mol. The number of likely N-dealkylation sites (N-methyl/N-ethyl adjacent to an activating group) is 1. The number of anilines is 2. The quantitative estimate of drug-likeness (QED) is 0.492. The number of hydrogen-bond acceptors (Lipinski definition) is 5. The number of imidazole rings is 1. The van der Waals surface area contributed by atoms with Gasteiger partial charge in [-0.3, -0.25) is 4.90 Å². The molecule has 0 bridgehead atoms. The number of benzene rings is 1. The molecule has 0 spiro atoms. The summed E-state index contributed by atoms with van der Waals surface area (Å²) in [5.74, 6) is 2.09. The Hall–Kier alpha value is -3.13. The molecule has 1 aliphatic heterocycles. The zero-order chi connectivity index (χ0) is 24.3. The fourth-order valence-corrected chi connectivity index (χ4v) is 5.22. The second-order valence-electron chi connectivity index (χ2n) is 10.5. The number of carbonyl (C=O) groups is 1. The number of nitrogens with zero attached hydrogens (tertiary/aromatic N) is 6. The Morgan fingerprint density at radius 2 is 1.97 bits per heavy atom. The van der Waals surface area contributed by atoms with Crippen molar-refractivity contribution in [2.45, 2.75) is 57.0 Å². The van der Waals surface area contributed by atoms with Gasteiger partial charge in [0.15, 0.2) is 0 Å². The molecule has 0 radical (unpaired) electrons. The van der Waals surface area contributed by atoms with E-state index in [2.05, 4.69) is 42.5 Å². The van der Waals surface area contributed by atoms with Gasteiger partial charge < -0.3 is 14.8 Å². The molecule has 35 heavy (non-hydrogen) atoms. The first-order chi connectivity index (χ1) is 16.8. The maximum atomic E-state index is 12.8. The molecule has 2 aliphatic carbocycles. The van der Waals surface area contributed by atoms with Crippen molar-refractivity contribution >= 4 is 29.4 Å². The highest BCUT2D eigenvalue weighted by molar-refractivity contribution is 6.30. The fraction of sp³-hybridized carbons (Fsp3) is 0.462. The highest BCUT2D eigenvalue weighted by Gasteiger charge is 2.47. The lowest BCUT2D eigenvalue weighted by atomic mass is 10.0. The van der Waals surface area contributed by atoms with Gasteiger partial charge in [-0.15, -0.1) is 0 Å². The summed E-state index contributed by atoms with van der Waals surface area (Å²) < 4.78 is 2.04. The minimum atomic E-state index is -0.301. The minimum absolute atomic E-state index is 0.0275. The topological polar surface area (TPSA) is 79.2 Å². The molecule has 2 aromatic heterocycles. The summed E-state index contributed by atoms with van der Waals surface area (Å²) in [6, 6.07) is 8.13. The van der Waals surface area contributed by atoms with Crippen LogP contribution in [0.4, 0.5) is 16.6 Å². The molecule has 2 amide bonds. The van der Waals surface area contributed by atoms with E-state index in [-0.39, 0.29) is 17.6 Å². The van der Waals surface area contributed by atoms with Crippen LogP contribution < -0.4 is 10.2 Å². The molecular formula is C26H30ClN7O. The normalized spacial score (nSPS) is 21.2. The van der Waals surface area contributed by atoms with E-state index in [4.69, 9.17) is 21.6 Å². The third-order valence-corrected chi connectivity index (χ3v) is 7.63. The summed E-state index contributed by atoms with van der Waals surface area (Å²) in [7, 11) is 1.83. The Kier molecular flexibility index (Phi) is 5.25. The van der Waals surface area contributed by atoms with E-state index < -0.39 is 0 Å². The molecule has 182 valence electrons. The number of rotatable bonds is 7. The van der Waals surface area contributed by atoms with Crippen LogP contribution in [-0.2, 0) is 5.54 Å². The average Bonchev–Trinajstić information content (AvgIpc) is 3.75. The second-order valence-corrected chi connectivity index (χ2v) is 10.9. The average molecular weight is 492 g/mol. The number of hydrogen-bond donors (Lipinski definition) is 1. The van der Waals surface area contributed by atoms with Gasteiger partial charge in [0.1, 0.15) is 5.82 Å². The van der Waals surface area contributed by atoms with E-state index in [0.29, 0.717) is 30.1 Å². The summed E-state index contributed by atoms with van der Waals surface area (Å²) in [4.78, 5) is 30.3. The van der Waals surface area contributed by atoms with E-state index in [1.807, 2.05) is 30.1 Å². The summed E-state index contributed by atoms with van der Waals surface area (Å²) in [6.45, 7) is 4.96. The van der Waals surface area contributed by atoms with Gasteiger partial charge in [-0.05, 0) is 67.3 Å². The maximum absolute atomic E-state index is 12.8. The van der Waals surface area contributed by atoms with Crippen LogP contribution in [0.3, 0.4) is 0 Å². The van der Waals surface area contributed by atoms with Crippen LogP contribution in [-0.4, -0.2) is 50.1 Å². The van der Waals surface area contributed by atoms with Crippen molar-refractivity contribution in [3.63, 3.8) is 0 Å². The Bertz CT molecular complexity index is 1280. The van der Waals surface area contributed by atoms with Crippen LogP contribution >= 0.6 is 11.6 Å². The van der Waals surface area contributed by atoms with Crippen molar-refractivity contribution in [1.82, 2.24) is 24.4 Å². The van der Waals surface area contributed by atoms with Crippen molar-refractivity contribution in [3.05, 3.63) is 59.3 Å². The standard InChI is InChI=1S/C26H30ClN7O/c1-16(2)21-13-32(3)25(35)34(21)23-6-9-28-24(30-23)31-26(7-8-26)22-14-33(15-29-22)20-11-18(17-4-5-17)10-19(27)12-20/h6,9-12,14-17,21H,4-5,7-8,13H2,1-3H3,(H,28,30,31). The highest BCUT2D eigenvalue weighted by atomic mass is 35.5. The van der Waals surface area contributed by atoms with E-state index in [1.165, 1.54) is 18.4 Å². The van der Waals surface area contributed by atoms with Gasteiger partial charge in [-0.1, -0.05) is 25.4 Å². The molecule has 9 heteroatoms. The molecule has 3 fully saturated rings. The van der Waals surface area contributed by atoms with Gasteiger partial charge in [0.2, 0.25) is 5.95 Å². The molecule has 1 N–H and O–H groups in total. The van der Waals surface area contributed by atoms with Gasteiger partial charge in [-0.25, -0.2) is 14.8 Å². The zero-order valence-electron chi connectivity index (χ0n) is 20.3. The smallest absolute Gasteiger partial charge is 0.325 e. The van der Waals surface area contributed by atoms with Crippen LogP contribution in [0.25, 0.3) is 5.69 Å². The minimum Gasteiger partial charge on any atom is -0.343 e. The molecular weight excluding hydrogens is 462 g/mol. The van der Waals surface area contributed by atoms with Crippen LogP contribution in [0.1, 0.15) is 56.7 Å². The molecule has 3 aliphatic rings. The van der Waals surface area contributed by atoms with Crippen molar-refractivity contribution in [2.24, 2.45) is 5.92 Å². The largest absolute Gasteiger partial charge is 0.343 e. The molecule has 1 aromatic carbocycles. The van der Waals surface area contributed by atoms with Crippen molar-refractivity contribution < 1.29 is 4.79 Å². The highest BCUT2D eigenvalue weighted by Crippen LogP contribution is 2.47. The first-order valence-electron chi connectivity index (χ1n) is 12.3. The number of nitrogens with one attached hydrogen (secondary N) is 1. The summed E-state index contributed by atoms with van der Waals surface area (Å²) in [6.07, 6.45) is 9.99. The van der Waals surface area contributed by atoms with Gasteiger partial charge in [0, 0.05) is 36.7 Å². The first kappa shape index (κ1) is 22.3. The van der Waals surface area contributed by atoms with Crippen LogP contribution in [0.2, 0.25) is 5.02 Å². The van der Waals surface area contributed by atoms with Gasteiger partial charge in [-0.2, -0.15) is 4.98 Å². The third kappa shape index (κ3) is 4.14. The zero-order valence-corrected chi connectivity index (χ0v) is 21.0. The van der Waals surface area contributed by atoms with Gasteiger partial charge in [0.05, 0.1) is 23.6 Å². The number of carbonyl (C=O) groups excluding carboxylic acids is 1. The summed E-state index contributed by atoms with van der Waals surface area (Å²) in [5, 5.41) is 4.28. The van der Waals surface area contributed by atoms with Crippen LogP contribution in [0.15, 0.2) is 43.0 Å². The van der Waals surface area contributed by atoms with Crippen molar-refractivity contribution in [3.8, 4) is 5.69 Å². The van der Waals surface area contributed by atoms with Crippen molar-refractivity contribution in [2.75, 3.05) is 23.8 Å². The molecule has 3 aromatic rings. The molecule has 6 rings (SSSR count). The lowest BCUT2D eigenvalue weighted by molar-refractivity contribution is 0.229. The number of urea groups is 1. The first-order valence-corrected chi connectivity index (χ1v) is 12.7. The molecule has 1 saturated heterocycles. The SMILES string of the molecule is CC(C)C1CN(C)C(=O)N1c1ccnc(NC2(c3cn(-c4cc(Cl)cc(C5CC5)c4)cn3)CC2)n1. The molecule has 8 nitrogen and oxygen atoms in total. The lowest BCUT2D eigenvalue weighted by Gasteiger charge is -2.25. The fourth-order valence-electron chi connectivity index (χ4n) is 4.98. The second kappa shape index (κ2) is 8.22. The van der Waals surface area contributed by atoms with Crippen molar-refractivity contribution in [1.29, 1.82) is 0 Å². The van der Waals surface area contributed by atoms with Gasteiger partial charge in [0.25, 0.3) is 0 Å².